The van der Waals surface area contributed by atoms with Crippen LogP contribution >= 0.6 is 12.4 Å². The molecule has 0 aliphatic carbocycles. The Bertz CT molecular complexity index is 800. The molecule has 2 atom stereocenters. The van der Waals surface area contributed by atoms with Crippen molar-refractivity contribution >= 4 is 29.9 Å². The zero-order chi connectivity index (χ0) is 19.2. The first-order valence-electron chi connectivity index (χ1n) is 9.20. The second-order valence-corrected chi connectivity index (χ2v) is 6.57. The van der Waals surface area contributed by atoms with E-state index in [0.717, 1.165) is 5.56 Å². The highest BCUT2D eigenvalue weighted by atomic mass is 35.5. The number of nitrogens with zero attached hydrogens (tertiary/aromatic N) is 1. The fraction of sp³-hybridized carbons (Fsp3) is 0.333. The van der Waals surface area contributed by atoms with Gasteiger partial charge in [0.15, 0.2) is 0 Å². The topological polar surface area (TPSA) is 84.7 Å². The lowest BCUT2D eigenvalue weighted by Crippen LogP contribution is -2.37. The van der Waals surface area contributed by atoms with E-state index in [9.17, 15) is 9.59 Å². The number of hydrogen-bond acceptors (Lipinski definition) is 4. The molecule has 28 heavy (non-hydrogen) atoms. The Morgan fingerprint density at radius 1 is 1.21 bits per heavy atom. The number of carbonyl (C=O) groups excluding carboxylic acids is 2. The van der Waals surface area contributed by atoms with E-state index >= 15 is 0 Å². The number of nitrogens with one attached hydrogen (secondary N) is 1. The second kappa shape index (κ2) is 10.1. The van der Waals surface area contributed by atoms with Crippen LogP contribution in [0.1, 0.15) is 24.9 Å². The quantitative estimate of drug-likeness (QED) is 0.744. The van der Waals surface area contributed by atoms with Crippen molar-refractivity contribution in [2.75, 3.05) is 24.6 Å². The lowest BCUT2D eigenvalue weighted by molar-refractivity contribution is -0.126. The van der Waals surface area contributed by atoms with Crippen molar-refractivity contribution in [3.63, 3.8) is 0 Å². The number of para-hydroxylation sites is 2. The molecule has 0 bridgehead atoms. The van der Waals surface area contributed by atoms with Crippen LogP contribution in [0.4, 0.5) is 5.69 Å². The molecule has 3 N–H and O–H groups in total. The summed E-state index contributed by atoms with van der Waals surface area (Å²) in [5.41, 5.74) is 7.81. The molecule has 0 saturated carbocycles. The van der Waals surface area contributed by atoms with E-state index in [1.807, 2.05) is 61.5 Å². The van der Waals surface area contributed by atoms with Gasteiger partial charge in [0.05, 0.1) is 18.2 Å². The Kier molecular flexibility index (Phi) is 7.84. The Morgan fingerprint density at radius 3 is 2.61 bits per heavy atom. The molecule has 7 heteroatoms. The molecule has 1 saturated heterocycles. The average molecular weight is 404 g/mol. The predicted octanol–water partition coefficient (Wildman–Crippen LogP) is 2.68. The van der Waals surface area contributed by atoms with Gasteiger partial charge in [0.1, 0.15) is 5.75 Å². The zero-order valence-corrected chi connectivity index (χ0v) is 16.7. The van der Waals surface area contributed by atoms with Crippen LogP contribution in [0.3, 0.4) is 0 Å². The van der Waals surface area contributed by atoms with Crippen molar-refractivity contribution in [3.8, 4) is 5.75 Å². The van der Waals surface area contributed by atoms with Gasteiger partial charge in [-0.2, -0.15) is 0 Å². The summed E-state index contributed by atoms with van der Waals surface area (Å²) in [5, 5.41) is 2.88. The third-order valence-corrected chi connectivity index (χ3v) is 4.68. The molecule has 2 aromatic rings. The van der Waals surface area contributed by atoms with Gasteiger partial charge in [-0.1, -0.05) is 42.5 Å². The molecule has 1 aliphatic heterocycles. The molecular weight excluding hydrogens is 378 g/mol. The Hall–Kier alpha value is -2.57. The zero-order valence-electron chi connectivity index (χ0n) is 15.8. The summed E-state index contributed by atoms with van der Waals surface area (Å²) < 4.78 is 5.61. The van der Waals surface area contributed by atoms with Crippen LogP contribution in [0.2, 0.25) is 0 Å². The van der Waals surface area contributed by atoms with Crippen molar-refractivity contribution in [3.05, 3.63) is 60.2 Å². The molecule has 150 valence electrons. The van der Waals surface area contributed by atoms with Crippen LogP contribution in [-0.4, -0.2) is 31.5 Å². The summed E-state index contributed by atoms with van der Waals surface area (Å²) in [6.45, 7) is 3.09. The normalized spacial score (nSPS) is 17.0. The van der Waals surface area contributed by atoms with Gasteiger partial charge in [0, 0.05) is 25.6 Å². The lowest BCUT2D eigenvalue weighted by Gasteiger charge is -2.20. The number of halogens is 1. The molecule has 6 nitrogen and oxygen atoms in total. The monoisotopic (exact) mass is 403 g/mol. The molecule has 0 radical (unpaired) electrons. The number of rotatable bonds is 7. The third-order valence-electron chi connectivity index (χ3n) is 4.68. The first-order chi connectivity index (χ1) is 13.1. The number of hydrogen-bond donors (Lipinski definition) is 2. The number of benzene rings is 2. The van der Waals surface area contributed by atoms with Gasteiger partial charge in [-0.25, -0.2) is 0 Å². The fourth-order valence-electron chi connectivity index (χ4n) is 3.25. The van der Waals surface area contributed by atoms with Crippen LogP contribution in [-0.2, 0) is 9.59 Å². The first-order valence-corrected chi connectivity index (χ1v) is 9.20. The van der Waals surface area contributed by atoms with Crippen molar-refractivity contribution in [1.82, 2.24) is 5.32 Å². The summed E-state index contributed by atoms with van der Waals surface area (Å²) in [6, 6.07) is 16.7. The molecule has 2 unspecified atom stereocenters. The molecule has 2 amide bonds. The summed E-state index contributed by atoms with van der Waals surface area (Å²) in [7, 11) is 0. The summed E-state index contributed by atoms with van der Waals surface area (Å²) in [6.07, 6.45) is 0.187. The Balaban J connectivity index is 0.00000280. The Morgan fingerprint density at radius 2 is 1.89 bits per heavy atom. The van der Waals surface area contributed by atoms with Crippen molar-refractivity contribution in [2.45, 2.75) is 19.4 Å². The predicted molar refractivity (Wildman–Crippen MR) is 112 cm³/mol. The molecule has 3 rings (SSSR count). The highest BCUT2D eigenvalue weighted by Gasteiger charge is 2.36. The first kappa shape index (κ1) is 21.7. The maximum atomic E-state index is 12.5. The minimum absolute atomic E-state index is 0. The summed E-state index contributed by atoms with van der Waals surface area (Å²) >= 11 is 0. The largest absolute Gasteiger partial charge is 0.492 e. The minimum atomic E-state index is -0.393. The molecule has 1 aliphatic rings. The van der Waals surface area contributed by atoms with Gasteiger partial charge < -0.3 is 20.7 Å². The van der Waals surface area contributed by atoms with E-state index < -0.39 is 5.92 Å². The maximum Gasteiger partial charge on any atom is 0.227 e. The molecule has 0 spiro atoms. The number of nitrogens with two attached hydrogens (primary N) is 1. The molecule has 0 aromatic heterocycles. The van der Waals surface area contributed by atoms with Gasteiger partial charge in [0.2, 0.25) is 11.8 Å². The van der Waals surface area contributed by atoms with E-state index in [4.69, 9.17) is 10.5 Å². The van der Waals surface area contributed by atoms with Gasteiger partial charge in [-0.05, 0) is 24.6 Å². The average Bonchev–Trinajstić information content (AvgIpc) is 3.09. The molecular formula is C21H26ClN3O3. The van der Waals surface area contributed by atoms with Crippen LogP contribution in [0.5, 0.6) is 5.75 Å². The number of carbonyl (C=O) groups is 2. The summed E-state index contributed by atoms with van der Waals surface area (Å²) in [5.74, 6) is 0.0384. The maximum absolute atomic E-state index is 12.5. The number of ether oxygens (including phenoxy) is 1. The molecule has 1 heterocycles. The van der Waals surface area contributed by atoms with Crippen molar-refractivity contribution in [2.24, 2.45) is 11.7 Å². The second-order valence-electron chi connectivity index (χ2n) is 6.57. The van der Waals surface area contributed by atoms with E-state index in [1.54, 1.807) is 4.90 Å². The van der Waals surface area contributed by atoms with E-state index in [0.29, 0.717) is 31.1 Å². The SMILES string of the molecule is CCOc1ccccc1N1CC(C(=O)NCC(N)c2ccccc2)CC1=O.Cl. The smallest absolute Gasteiger partial charge is 0.227 e. The van der Waals surface area contributed by atoms with Gasteiger partial charge >= 0.3 is 0 Å². The standard InChI is InChI=1S/C21H25N3O3.ClH/c1-2-27-19-11-7-6-10-18(19)24-14-16(12-20(24)25)21(26)23-13-17(22)15-8-4-3-5-9-15;/h3-11,16-17H,2,12-14,22H2,1H3,(H,23,26);1H. The van der Waals surface area contributed by atoms with Crippen LogP contribution in [0.25, 0.3) is 0 Å². The van der Waals surface area contributed by atoms with E-state index in [2.05, 4.69) is 5.32 Å². The minimum Gasteiger partial charge on any atom is -0.492 e. The third kappa shape index (κ3) is 5.03. The molecule has 1 fully saturated rings. The highest BCUT2D eigenvalue weighted by Crippen LogP contribution is 2.33. The number of anilines is 1. The lowest BCUT2D eigenvalue weighted by atomic mass is 10.1. The van der Waals surface area contributed by atoms with E-state index in [-0.39, 0.29) is 36.7 Å². The van der Waals surface area contributed by atoms with Gasteiger partial charge in [-0.3, -0.25) is 9.59 Å². The fourth-order valence-corrected chi connectivity index (χ4v) is 3.25. The number of amides is 2. The van der Waals surface area contributed by atoms with Crippen LogP contribution < -0.4 is 20.7 Å². The van der Waals surface area contributed by atoms with Crippen molar-refractivity contribution < 1.29 is 14.3 Å². The van der Waals surface area contributed by atoms with Crippen molar-refractivity contribution in [1.29, 1.82) is 0 Å². The van der Waals surface area contributed by atoms with Gasteiger partial charge in [0.25, 0.3) is 0 Å². The van der Waals surface area contributed by atoms with E-state index in [1.165, 1.54) is 0 Å². The highest BCUT2D eigenvalue weighted by molar-refractivity contribution is 6.01. The Labute approximate surface area is 171 Å². The van der Waals surface area contributed by atoms with Gasteiger partial charge in [-0.15, -0.1) is 12.4 Å². The molecule has 2 aromatic carbocycles. The summed E-state index contributed by atoms with van der Waals surface area (Å²) in [4.78, 5) is 26.6. The van der Waals surface area contributed by atoms with Crippen LogP contribution in [0, 0.1) is 5.92 Å². The van der Waals surface area contributed by atoms with Crippen LogP contribution in [0.15, 0.2) is 54.6 Å².